The van der Waals surface area contributed by atoms with Crippen LogP contribution in [0.2, 0.25) is 0 Å². The molecule has 0 aromatic carbocycles. The number of unbranched alkanes of at least 4 members (excludes halogenated alkanes) is 1. The molecule has 1 atom stereocenters. The zero-order valence-electron chi connectivity index (χ0n) is 9.97. The highest BCUT2D eigenvalue weighted by atomic mass is 15.2. The highest BCUT2D eigenvalue weighted by Gasteiger charge is 2.19. The van der Waals surface area contributed by atoms with Crippen LogP contribution in [0.25, 0.3) is 0 Å². The van der Waals surface area contributed by atoms with Crippen LogP contribution < -0.4 is 5.32 Å². The quantitative estimate of drug-likeness (QED) is 0.529. The van der Waals surface area contributed by atoms with E-state index in [2.05, 4.69) is 23.1 Å². The minimum atomic E-state index is 0.747. The molecule has 1 fully saturated rings. The summed E-state index contributed by atoms with van der Waals surface area (Å²) in [6.45, 7) is 7.00. The fraction of sp³-hybridized carbons (Fsp3) is 0.846. The van der Waals surface area contributed by atoms with Crippen molar-refractivity contribution >= 4 is 0 Å². The molecule has 15 heavy (non-hydrogen) atoms. The lowest BCUT2D eigenvalue weighted by Crippen LogP contribution is -2.46. The molecule has 1 saturated heterocycles. The lowest BCUT2D eigenvalue weighted by molar-refractivity contribution is 0.165. The summed E-state index contributed by atoms with van der Waals surface area (Å²) in [5, 5.41) is 3.48. The zero-order chi connectivity index (χ0) is 10.9. The summed E-state index contributed by atoms with van der Waals surface area (Å²) in [7, 11) is 0. The van der Waals surface area contributed by atoms with Crippen molar-refractivity contribution in [2.24, 2.45) is 0 Å². The number of nitrogens with one attached hydrogen (secondary N) is 1. The Hall–Kier alpha value is -0.520. The fourth-order valence-corrected chi connectivity index (χ4v) is 2.29. The molecule has 0 amide bonds. The Morgan fingerprint density at radius 3 is 2.93 bits per heavy atom. The first-order chi connectivity index (χ1) is 7.38. The second-order valence-electron chi connectivity index (χ2n) is 4.34. The largest absolute Gasteiger partial charge is 0.315 e. The number of nitrogens with zero attached hydrogens (tertiary/aromatic N) is 1. The van der Waals surface area contributed by atoms with Crippen molar-refractivity contribution in [3.8, 4) is 12.3 Å². The van der Waals surface area contributed by atoms with Gasteiger partial charge in [0.1, 0.15) is 0 Å². The van der Waals surface area contributed by atoms with Crippen LogP contribution in [0.4, 0.5) is 0 Å². The van der Waals surface area contributed by atoms with Crippen LogP contribution in [0.3, 0.4) is 0 Å². The number of rotatable bonds is 6. The van der Waals surface area contributed by atoms with Crippen LogP contribution in [0.1, 0.15) is 39.0 Å². The first-order valence-electron chi connectivity index (χ1n) is 6.26. The smallest absolute Gasteiger partial charge is 0.0221 e. The predicted octanol–water partition coefficient (Wildman–Crippen LogP) is 1.86. The molecule has 1 aliphatic rings. The van der Waals surface area contributed by atoms with Gasteiger partial charge in [0.2, 0.25) is 0 Å². The normalized spacial score (nSPS) is 21.5. The van der Waals surface area contributed by atoms with Crippen LogP contribution in [0.15, 0.2) is 0 Å². The Bertz CT molecular complexity index is 189. The van der Waals surface area contributed by atoms with Gasteiger partial charge in [0.25, 0.3) is 0 Å². The van der Waals surface area contributed by atoms with E-state index in [1.807, 2.05) is 0 Å². The SMILES string of the molecule is C#CCCCN(CCC)C1CCCNC1. The Balaban J connectivity index is 2.30. The highest BCUT2D eigenvalue weighted by Crippen LogP contribution is 2.11. The summed E-state index contributed by atoms with van der Waals surface area (Å²) < 4.78 is 0. The molecule has 0 spiro atoms. The lowest BCUT2D eigenvalue weighted by Gasteiger charge is -2.34. The van der Waals surface area contributed by atoms with Gasteiger partial charge < -0.3 is 5.32 Å². The second-order valence-corrected chi connectivity index (χ2v) is 4.34. The molecule has 0 aromatic rings. The van der Waals surface area contributed by atoms with Gasteiger partial charge in [-0.1, -0.05) is 6.92 Å². The summed E-state index contributed by atoms with van der Waals surface area (Å²) >= 11 is 0. The van der Waals surface area contributed by atoms with Crippen molar-refractivity contribution in [2.75, 3.05) is 26.2 Å². The number of hydrogen-bond acceptors (Lipinski definition) is 2. The van der Waals surface area contributed by atoms with Crippen LogP contribution in [0.5, 0.6) is 0 Å². The van der Waals surface area contributed by atoms with E-state index in [0.29, 0.717) is 0 Å². The zero-order valence-corrected chi connectivity index (χ0v) is 9.97. The Morgan fingerprint density at radius 1 is 1.47 bits per heavy atom. The molecule has 2 nitrogen and oxygen atoms in total. The molecule has 1 N–H and O–H groups in total. The summed E-state index contributed by atoms with van der Waals surface area (Å²) in [6.07, 6.45) is 11.3. The van der Waals surface area contributed by atoms with Gasteiger partial charge in [0.15, 0.2) is 0 Å². The molecular formula is C13H24N2. The van der Waals surface area contributed by atoms with Crippen molar-refractivity contribution in [2.45, 2.75) is 45.1 Å². The summed E-state index contributed by atoms with van der Waals surface area (Å²) in [5.74, 6) is 2.73. The molecule has 0 radical (unpaired) electrons. The van der Waals surface area contributed by atoms with Crippen molar-refractivity contribution < 1.29 is 0 Å². The first-order valence-corrected chi connectivity index (χ1v) is 6.26. The Labute approximate surface area is 94.4 Å². The minimum absolute atomic E-state index is 0.747. The number of piperidine rings is 1. The predicted molar refractivity (Wildman–Crippen MR) is 65.8 cm³/mol. The standard InChI is InChI=1S/C13H24N2/c1-3-5-6-11-15(10-4-2)13-8-7-9-14-12-13/h1,13-14H,4-12H2,2H3. The molecule has 0 bridgehead atoms. The van der Waals surface area contributed by atoms with Crippen LogP contribution in [-0.2, 0) is 0 Å². The first kappa shape index (κ1) is 12.5. The van der Waals surface area contributed by atoms with Crippen molar-refractivity contribution in [3.05, 3.63) is 0 Å². The monoisotopic (exact) mass is 208 g/mol. The molecule has 0 saturated carbocycles. The van der Waals surface area contributed by atoms with E-state index in [-0.39, 0.29) is 0 Å². The molecule has 86 valence electrons. The van der Waals surface area contributed by atoms with Crippen LogP contribution >= 0.6 is 0 Å². The summed E-state index contributed by atoms with van der Waals surface area (Å²) in [4.78, 5) is 2.61. The fourth-order valence-electron chi connectivity index (χ4n) is 2.29. The molecule has 0 aromatic heterocycles. The highest BCUT2D eigenvalue weighted by molar-refractivity contribution is 4.84. The van der Waals surface area contributed by atoms with Crippen molar-refractivity contribution in [1.29, 1.82) is 0 Å². The number of terminal acetylenes is 1. The van der Waals surface area contributed by atoms with E-state index in [0.717, 1.165) is 25.4 Å². The Kier molecular flexibility index (Phi) is 6.47. The van der Waals surface area contributed by atoms with E-state index in [1.165, 1.54) is 38.9 Å². The molecule has 1 heterocycles. The third-order valence-corrected chi connectivity index (χ3v) is 3.06. The average molecular weight is 208 g/mol. The topological polar surface area (TPSA) is 15.3 Å². The van der Waals surface area contributed by atoms with E-state index >= 15 is 0 Å². The Morgan fingerprint density at radius 2 is 2.33 bits per heavy atom. The van der Waals surface area contributed by atoms with Gasteiger partial charge in [-0.05, 0) is 45.3 Å². The van der Waals surface area contributed by atoms with Gasteiger partial charge in [-0.25, -0.2) is 0 Å². The maximum Gasteiger partial charge on any atom is 0.0221 e. The lowest BCUT2D eigenvalue weighted by atomic mass is 10.1. The molecule has 2 heteroatoms. The van der Waals surface area contributed by atoms with Gasteiger partial charge in [0.05, 0.1) is 0 Å². The van der Waals surface area contributed by atoms with E-state index in [4.69, 9.17) is 6.42 Å². The molecule has 0 aliphatic carbocycles. The van der Waals surface area contributed by atoms with Gasteiger partial charge in [-0.3, -0.25) is 4.90 Å². The van der Waals surface area contributed by atoms with Gasteiger partial charge >= 0.3 is 0 Å². The molecule has 1 rings (SSSR count). The van der Waals surface area contributed by atoms with Gasteiger partial charge in [-0.2, -0.15) is 0 Å². The van der Waals surface area contributed by atoms with Crippen molar-refractivity contribution in [3.63, 3.8) is 0 Å². The van der Waals surface area contributed by atoms with E-state index < -0.39 is 0 Å². The third-order valence-electron chi connectivity index (χ3n) is 3.06. The third kappa shape index (κ3) is 4.68. The molecular weight excluding hydrogens is 184 g/mol. The number of hydrogen-bond donors (Lipinski definition) is 1. The summed E-state index contributed by atoms with van der Waals surface area (Å²) in [5.41, 5.74) is 0. The van der Waals surface area contributed by atoms with E-state index in [9.17, 15) is 0 Å². The minimum Gasteiger partial charge on any atom is -0.315 e. The maximum atomic E-state index is 5.29. The molecule has 1 aliphatic heterocycles. The second kappa shape index (κ2) is 7.73. The average Bonchev–Trinajstić information content (AvgIpc) is 2.29. The summed E-state index contributed by atoms with van der Waals surface area (Å²) in [6, 6.07) is 0.747. The van der Waals surface area contributed by atoms with Gasteiger partial charge in [0, 0.05) is 19.0 Å². The van der Waals surface area contributed by atoms with E-state index in [1.54, 1.807) is 0 Å². The molecule has 1 unspecified atom stereocenters. The van der Waals surface area contributed by atoms with Crippen LogP contribution in [0, 0.1) is 12.3 Å². The van der Waals surface area contributed by atoms with Crippen LogP contribution in [-0.4, -0.2) is 37.1 Å². The van der Waals surface area contributed by atoms with Gasteiger partial charge in [-0.15, -0.1) is 12.3 Å². The van der Waals surface area contributed by atoms with Crippen molar-refractivity contribution in [1.82, 2.24) is 10.2 Å². The maximum absolute atomic E-state index is 5.29.